The minimum absolute atomic E-state index is 0.530. The van der Waals surface area contributed by atoms with Crippen molar-refractivity contribution in [3.63, 3.8) is 0 Å². The molecule has 4 nitrogen and oxygen atoms in total. The van der Waals surface area contributed by atoms with E-state index >= 15 is 0 Å². The van der Waals surface area contributed by atoms with Crippen molar-refractivity contribution in [2.45, 2.75) is 26.5 Å². The van der Waals surface area contributed by atoms with E-state index in [2.05, 4.69) is 42.6 Å². The molecule has 152 valence electrons. The molecule has 0 atom stereocenters. The Hall–Kier alpha value is -2.98. The minimum atomic E-state index is 0.530. The summed E-state index contributed by atoms with van der Waals surface area (Å²) in [5.41, 5.74) is 4.86. The maximum Gasteiger partial charge on any atom is 0.161 e. The fourth-order valence-electron chi connectivity index (χ4n) is 3.13. The number of hydrogen-bond donors (Lipinski definition) is 1. The smallest absolute Gasteiger partial charge is 0.161 e. The molecule has 0 bridgehead atoms. The van der Waals surface area contributed by atoms with Crippen LogP contribution >= 0.6 is 0 Å². The highest BCUT2D eigenvalue weighted by molar-refractivity contribution is 5.43. The van der Waals surface area contributed by atoms with Crippen LogP contribution in [0.4, 0.5) is 0 Å². The Morgan fingerprint density at radius 1 is 0.793 bits per heavy atom. The lowest BCUT2D eigenvalue weighted by Gasteiger charge is -2.14. The summed E-state index contributed by atoms with van der Waals surface area (Å²) in [7, 11) is 3.36. The Morgan fingerprint density at radius 2 is 1.55 bits per heavy atom. The van der Waals surface area contributed by atoms with E-state index in [0.717, 1.165) is 36.8 Å². The maximum absolute atomic E-state index is 6.00. The lowest BCUT2D eigenvalue weighted by Crippen LogP contribution is -2.16. The van der Waals surface area contributed by atoms with Gasteiger partial charge in [-0.1, -0.05) is 42.5 Å². The van der Waals surface area contributed by atoms with Crippen molar-refractivity contribution in [2.24, 2.45) is 0 Å². The summed E-state index contributed by atoms with van der Waals surface area (Å²) in [6.45, 7) is 4.31. The van der Waals surface area contributed by atoms with Crippen LogP contribution in [0.3, 0.4) is 0 Å². The van der Waals surface area contributed by atoms with Crippen LogP contribution < -0.4 is 19.5 Å². The number of hydrogen-bond acceptors (Lipinski definition) is 4. The zero-order chi connectivity index (χ0) is 20.5. The van der Waals surface area contributed by atoms with E-state index in [9.17, 15) is 0 Å². The highest BCUT2D eigenvalue weighted by atomic mass is 16.5. The van der Waals surface area contributed by atoms with E-state index in [-0.39, 0.29) is 0 Å². The van der Waals surface area contributed by atoms with Gasteiger partial charge in [0.05, 0.1) is 14.2 Å². The predicted octanol–water partition coefficient (Wildman–Crippen LogP) is 4.92. The van der Waals surface area contributed by atoms with Gasteiger partial charge in [-0.2, -0.15) is 0 Å². The molecule has 29 heavy (non-hydrogen) atoms. The first-order valence-electron chi connectivity index (χ1n) is 9.87. The van der Waals surface area contributed by atoms with Crippen LogP contribution in [0.5, 0.6) is 17.2 Å². The Kier molecular flexibility index (Phi) is 7.54. The van der Waals surface area contributed by atoms with Crippen LogP contribution in [0.2, 0.25) is 0 Å². The summed E-state index contributed by atoms with van der Waals surface area (Å²) in [5, 5.41) is 3.49. The van der Waals surface area contributed by atoms with Crippen LogP contribution in [0.25, 0.3) is 0 Å². The van der Waals surface area contributed by atoms with Crippen LogP contribution in [0.1, 0.15) is 22.3 Å². The van der Waals surface area contributed by atoms with Gasteiger partial charge in [0.15, 0.2) is 11.5 Å². The fourth-order valence-corrected chi connectivity index (χ4v) is 3.13. The first-order valence-corrected chi connectivity index (χ1v) is 9.87. The molecular formula is C25H29NO3. The van der Waals surface area contributed by atoms with Crippen LogP contribution in [0.15, 0.2) is 66.7 Å². The molecule has 3 aromatic carbocycles. The van der Waals surface area contributed by atoms with Gasteiger partial charge in [-0.15, -0.1) is 0 Å². The number of ether oxygens (including phenoxy) is 3. The molecule has 0 spiro atoms. The monoisotopic (exact) mass is 391 g/mol. The summed E-state index contributed by atoms with van der Waals surface area (Å²) in [6, 6.07) is 22.5. The van der Waals surface area contributed by atoms with Gasteiger partial charge >= 0.3 is 0 Å². The number of aryl methyl sites for hydroxylation is 1. The molecule has 0 heterocycles. The molecule has 3 rings (SSSR count). The Morgan fingerprint density at radius 3 is 2.28 bits per heavy atom. The van der Waals surface area contributed by atoms with Crippen molar-refractivity contribution in [2.75, 3.05) is 20.8 Å². The summed E-state index contributed by atoms with van der Waals surface area (Å²) in [5.74, 6) is 2.41. The van der Waals surface area contributed by atoms with Crippen LogP contribution in [0, 0.1) is 6.92 Å². The van der Waals surface area contributed by atoms with Gasteiger partial charge in [-0.25, -0.2) is 0 Å². The van der Waals surface area contributed by atoms with Crippen LogP contribution in [-0.4, -0.2) is 20.8 Å². The van der Waals surface area contributed by atoms with E-state index in [4.69, 9.17) is 14.2 Å². The minimum Gasteiger partial charge on any atom is -0.497 e. The molecule has 0 saturated carbocycles. The van der Waals surface area contributed by atoms with Crippen molar-refractivity contribution >= 4 is 0 Å². The summed E-state index contributed by atoms with van der Waals surface area (Å²) in [6.07, 6.45) is 0.971. The molecule has 0 fully saturated rings. The number of benzene rings is 3. The maximum atomic E-state index is 6.00. The lowest BCUT2D eigenvalue weighted by atomic mass is 10.1. The molecular weight excluding hydrogens is 362 g/mol. The molecule has 4 heteroatoms. The second kappa shape index (κ2) is 10.5. The normalized spacial score (nSPS) is 10.6. The van der Waals surface area contributed by atoms with Gasteiger partial charge in [0.1, 0.15) is 12.4 Å². The third-order valence-electron chi connectivity index (χ3n) is 4.95. The molecule has 0 amide bonds. The highest BCUT2D eigenvalue weighted by Crippen LogP contribution is 2.29. The molecule has 0 saturated heterocycles. The fraction of sp³-hybridized carbons (Fsp3) is 0.280. The van der Waals surface area contributed by atoms with Gasteiger partial charge in [-0.3, -0.25) is 0 Å². The highest BCUT2D eigenvalue weighted by Gasteiger charge is 2.07. The van der Waals surface area contributed by atoms with Crippen molar-refractivity contribution < 1.29 is 14.2 Å². The Labute approximate surface area is 173 Å². The third-order valence-corrected chi connectivity index (χ3v) is 4.95. The number of rotatable bonds is 10. The van der Waals surface area contributed by atoms with Crippen molar-refractivity contribution in [1.82, 2.24) is 5.32 Å². The Bertz CT molecular complexity index is 906. The second-order valence-corrected chi connectivity index (χ2v) is 6.98. The van der Waals surface area contributed by atoms with E-state index in [1.54, 1.807) is 14.2 Å². The molecule has 0 aliphatic heterocycles. The molecule has 0 unspecified atom stereocenters. The average molecular weight is 392 g/mol. The van der Waals surface area contributed by atoms with E-state index in [0.29, 0.717) is 6.61 Å². The van der Waals surface area contributed by atoms with Gasteiger partial charge in [-0.05, 0) is 66.4 Å². The first kappa shape index (κ1) is 20.7. The Balaban J connectivity index is 1.50. The largest absolute Gasteiger partial charge is 0.497 e. The predicted molar refractivity (Wildman–Crippen MR) is 117 cm³/mol. The zero-order valence-electron chi connectivity index (χ0n) is 17.4. The second-order valence-electron chi connectivity index (χ2n) is 6.98. The average Bonchev–Trinajstić information content (AvgIpc) is 2.77. The van der Waals surface area contributed by atoms with Crippen molar-refractivity contribution in [1.29, 1.82) is 0 Å². The summed E-state index contributed by atoms with van der Waals surface area (Å²) in [4.78, 5) is 0. The quantitative estimate of drug-likeness (QED) is 0.498. The summed E-state index contributed by atoms with van der Waals surface area (Å²) >= 11 is 0. The lowest BCUT2D eigenvalue weighted by molar-refractivity contribution is 0.283. The zero-order valence-corrected chi connectivity index (χ0v) is 17.4. The van der Waals surface area contributed by atoms with Crippen molar-refractivity contribution in [3.05, 3.63) is 89.0 Å². The SMILES string of the molecule is COc1ccc(CCNCc2ccc(OCc3ccccc3C)c(OC)c2)cc1. The van der Waals surface area contributed by atoms with Crippen LogP contribution in [-0.2, 0) is 19.6 Å². The molecule has 0 aliphatic carbocycles. The number of methoxy groups -OCH3 is 2. The van der Waals surface area contributed by atoms with Gasteiger partial charge in [0.2, 0.25) is 0 Å². The standard InChI is InChI=1S/C25H29NO3/c1-19-6-4-5-7-22(19)18-29-24-13-10-21(16-25(24)28-3)17-26-15-14-20-8-11-23(27-2)12-9-20/h4-13,16,26H,14-15,17-18H2,1-3H3. The molecule has 0 radical (unpaired) electrons. The molecule has 0 aliphatic rings. The topological polar surface area (TPSA) is 39.7 Å². The first-order chi connectivity index (χ1) is 14.2. The third kappa shape index (κ3) is 6.00. The van der Waals surface area contributed by atoms with Gasteiger partial charge in [0.25, 0.3) is 0 Å². The van der Waals surface area contributed by atoms with Gasteiger partial charge in [0, 0.05) is 6.54 Å². The molecule has 0 aromatic heterocycles. The number of nitrogens with one attached hydrogen (secondary N) is 1. The van der Waals surface area contributed by atoms with Gasteiger partial charge < -0.3 is 19.5 Å². The molecule has 3 aromatic rings. The van der Waals surface area contributed by atoms with E-state index in [1.165, 1.54) is 22.3 Å². The molecule has 1 N–H and O–H groups in total. The summed E-state index contributed by atoms with van der Waals surface area (Å²) < 4.78 is 16.7. The van der Waals surface area contributed by atoms with E-state index in [1.807, 2.05) is 36.4 Å². The van der Waals surface area contributed by atoms with Crippen molar-refractivity contribution in [3.8, 4) is 17.2 Å². The van der Waals surface area contributed by atoms with E-state index < -0.39 is 0 Å².